The van der Waals surface area contributed by atoms with Gasteiger partial charge in [-0.05, 0) is 5.56 Å². The van der Waals surface area contributed by atoms with Gasteiger partial charge in [-0.25, -0.2) is 9.78 Å². The topological polar surface area (TPSA) is 217 Å². The van der Waals surface area contributed by atoms with Crippen molar-refractivity contribution < 1.29 is 34.2 Å². The lowest BCUT2D eigenvalue weighted by molar-refractivity contribution is -0.143. The number of nitrogens with zero attached hydrogens (tertiary/aromatic N) is 1. The predicted molar refractivity (Wildman–Crippen MR) is 130 cm³/mol. The molecule has 0 fully saturated rings. The van der Waals surface area contributed by atoms with Crippen molar-refractivity contribution in [3.8, 4) is 0 Å². The zero-order valence-corrected chi connectivity index (χ0v) is 20.0. The minimum atomic E-state index is -1.53. The number of aromatic nitrogens is 2. The van der Waals surface area contributed by atoms with E-state index in [4.69, 9.17) is 5.73 Å². The lowest BCUT2D eigenvalue weighted by Crippen LogP contribution is -2.58. The molecule has 36 heavy (non-hydrogen) atoms. The molecule has 8 N–H and O–H groups in total. The molecule has 4 unspecified atom stereocenters. The van der Waals surface area contributed by atoms with Gasteiger partial charge in [0.1, 0.15) is 18.1 Å². The maximum atomic E-state index is 13.1. The number of H-pyrrole nitrogens is 1. The highest BCUT2D eigenvalue weighted by atomic mass is 32.1. The average Bonchev–Trinajstić information content (AvgIpc) is 3.35. The van der Waals surface area contributed by atoms with Crippen molar-refractivity contribution >= 4 is 42.3 Å². The van der Waals surface area contributed by atoms with Crippen LogP contribution >= 0.6 is 12.6 Å². The quantitative estimate of drug-likeness (QED) is 0.135. The van der Waals surface area contributed by atoms with Crippen LogP contribution in [0.3, 0.4) is 0 Å². The molecule has 1 heterocycles. The Kier molecular flexibility index (Phi) is 10.9. The van der Waals surface area contributed by atoms with Crippen LogP contribution in [0.5, 0.6) is 0 Å². The van der Waals surface area contributed by atoms with Crippen molar-refractivity contribution in [2.75, 3.05) is 5.75 Å². The molecule has 194 valence electrons. The Morgan fingerprint density at radius 3 is 2.08 bits per heavy atom. The second-order valence-corrected chi connectivity index (χ2v) is 8.24. The Morgan fingerprint density at radius 1 is 0.917 bits per heavy atom. The molecule has 2 aromatic rings. The molecular formula is C22H28N6O7S. The molecule has 14 heteroatoms. The van der Waals surface area contributed by atoms with Crippen molar-refractivity contribution in [3.05, 3.63) is 54.1 Å². The van der Waals surface area contributed by atoms with Crippen LogP contribution in [0.4, 0.5) is 0 Å². The molecule has 3 amide bonds. The summed E-state index contributed by atoms with van der Waals surface area (Å²) in [5.41, 5.74) is 6.71. The van der Waals surface area contributed by atoms with E-state index >= 15 is 0 Å². The zero-order valence-electron chi connectivity index (χ0n) is 19.1. The summed E-state index contributed by atoms with van der Waals surface area (Å²) in [5, 5.41) is 25.8. The number of nitrogens with two attached hydrogens (primary N) is 1. The fraction of sp³-hybridized carbons (Fsp3) is 0.364. The number of thiol groups is 1. The van der Waals surface area contributed by atoms with E-state index < -0.39 is 60.2 Å². The van der Waals surface area contributed by atoms with Crippen LogP contribution in [0.1, 0.15) is 17.7 Å². The van der Waals surface area contributed by atoms with Gasteiger partial charge in [-0.2, -0.15) is 12.6 Å². The molecule has 2 rings (SSSR count). The number of hydrogen-bond donors (Lipinski definition) is 8. The van der Waals surface area contributed by atoms with E-state index in [1.807, 2.05) is 0 Å². The lowest BCUT2D eigenvalue weighted by Gasteiger charge is -2.24. The predicted octanol–water partition coefficient (Wildman–Crippen LogP) is -1.53. The highest BCUT2D eigenvalue weighted by molar-refractivity contribution is 7.80. The molecule has 0 radical (unpaired) electrons. The molecule has 0 aliphatic rings. The maximum Gasteiger partial charge on any atom is 0.326 e. The first-order chi connectivity index (χ1) is 17.1. The van der Waals surface area contributed by atoms with Crippen LogP contribution in [-0.4, -0.2) is 79.8 Å². The first-order valence-electron chi connectivity index (χ1n) is 10.8. The third-order valence-electron chi connectivity index (χ3n) is 5.05. The summed E-state index contributed by atoms with van der Waals surface area (Å²) in [5.74, 6) is -5.27. The third kappa shape index (κ3) is 9.03. The summed E-state index contributed by atoms with van der Waals surface area (Å²) in [6.45, 7) is 0. The van der Waals surface area contributed by atoms with E-state index in [0.29, 0.717) is 11.3 Å². The SMILES string of the molecule is NC(CS)C(=O)NC(CC(=O)O)C(=O)NC(Cc1ccccc1)C(=O)NC(Cc1cnc[nH]1)C(=O)O. The fourth-order valence-electron chi connectivity index (χ4n) is 3.17. The van der Waals surface area contributed by atoms with Gasteiger partial charge in [0.05, 0.1) is 18.8 Å². The van der Waals surface area contributed by atoms with Gasteiger partial charge in [-0.1, -0.05) is 30.3 Å². The number of carboxylic acid groups (broad SMARTS) is 2. The van der Waals surface area contributed by atoms with Crippen molar-refractivity contribution in [1.29, 1.82) is 0 Å². The van der Waals surface area contributed by atoms with Crippen LogP contribution in [0, 0.1) is 0 Å². The zero-order chi connectivity index (χ0) is 26.7. The Hall–Kier alpha value is -3.91. The van der Waals surface area contributed by atoms with E-state index in [1.165, 1.54) is 12.5 Å². The maximum absolute atomic E-state index is 13.1. The number of carboxylic acids is 2. The largest absolute Gasteiger partial charge is 0.481 e. The van der Waals surface area contributed by atoms with Crippen molar-refractivity contribution in [3.63, 3.8) is 0 Å². The van der Waals surface area contributed by atoms with Crippen LogP contribution in [0.15, 0.2) is 42.9 Å². The number of aliphatic carboxylic acids is 2. The van der Waals surface area contributed by atoms with Crippen LogP contribution in [0.2, 0.25) is 0 Å². The molecule has 4 atom stereocenters. The molecule has 1 aromatic heterocycles. The number of rotatable bonds is 14. The van der Waals surface area contributed by atoms with Gasteiger partial charge >= 0.3 is 11.9 Å². The van der Waals surface area contributed by atoms with Crippen molar-refractivity contribution in [2.45, 2.75) is 43.4 Å². The number of amides is 3. The summed E-state index contributed by atoms with van der Waals surface area (Å²) in [7, 11) is 0. The second kappa shape index (κ2) is 13.8. The Bertz CT molecular complexity index is 1050. The molecule has 13 nitrogen and oxygen atoms in total. The molecule has 0 aliphatic carbocycles. The molecule has 0 bridgehead atoms. The molecule has 0 saturated heterocycles. The summed E-state index contributed by atoms with van der Waals surface area (Å²) in [6.07, 6.45) is 1.89. The second-order valence-electron chi connectivity index (χ2n) is 7.88. The van der Waals surface area contributed by atoms with Gasteiger partial charge < -0.3 is 36.9 Å². The molecule has 0 spiro atoms. The minimum Gasteiger partial charge on any atom is -0.481 e. The molecule has 1 aromatic carbocycles. The summed E-state index contributed by atoms with van der Waals surface area (Å²) in [4.78, 5) is 67.8. The standard InChI is InChI=1S/C22H28N6O7S/c23-14(10-36)19(31)26-16(8-18(29)30)21(33)27-15(6-12-4-2-1-3-5-12)20(32)28-17(22(34)35)7-13-9-24-11-25-13/h1-5,9,11,14-17,36H,6-8,10,23H2,(H,24,25)(H,26,31)(H,27,33)(H,28,32)(H,29,30)(H,34,35). The summed E-state index contributed by atoms with van der Waals surface area (Å²) >= 11 is 3.91. The van der Waals surface area contributed by atoms with Gasteiger partial charge in [0.25, 0.3) is 0 Å². The van der Waals surface area contributed by atoms with Gasteiger partial charge in [0.2, 0.25) is 17.7 Å². The van der Waals surface area contributed by atoms with Crippen molar-refractivity contribution in [2.24, 2.45) is 5.73 Å². The molecule has 0 saturated carbocycles. The van der Waals surface area contributed by atoms with Crippen LogP contribution in [-0.2, 0) is 36.8 Å². The summed E-state index contributed by atoms with van der Waals surface area (Å²) in [6, 6.07) is 3.36. The Morgan fingerprint density at radius 2 is 1.53 bits per heavy atom. The number of nitrogens with one attached hydrogen (secondary N) is 4. The van der Waals surface area contributed by atoms with Crippen LogP contribution < -0.4 is 21.7 Å². The van der Waals surface area contributed by atoms with E-state index in [0.717, 1.165) is 0 Å². The monoisotopic (exact) mass is 520 g/mol. The van der Waals surface area contributed by atoms with Crippen molar-refractivity contribution in [1.82, 2.24) is 25.9 Å². The number of aromatic amines is 1. The number of carbonyl (C=O) groups is 5. The number of benzene rings is 1. The molecular weight excluding hydrogens is 492 g/mol. The van der Waals surface area contributed by atoms with Gasteiger partial charge in [-0.3, -0.25) is 19.2 Å². The average molecular weight is 521 g/mol. The van der Waals surface area contributed by atoms with Gasteiger partial charge in [0.15, 0.2) is 0 Å². The highest BCUT2D eigenvalue weighted by Gasteiger charge is 2.31. The number of imidazole rings is 1. The first-order valence-corrected chi connectivity index (χ1v) is 11.5. The van der Waals surface area contributed by atoms with Gasteiger partial charge in [-0.15, -0.1) is 0 Å². The number of carbonyl (C=O) groups excluding carboxylic acids is 3. The Balaban J connectivity index is 2.23. The number of hydrogen-bond acceptors (Lipinski definition) is 8. The van der Waals surface area contributed by atoms with E-state index in [2.05, 4.69) is 38.5 Å². The van der Waals surface area contributed by atoms with E-state index in [-0.39, 0.29) is 18.6 Å². The highest BCUT2D eigenvalue weighted by Crippen LogP contribution is 2.07. The first kappa shape index (κ1) is 28.3. The summed E-state index contributed by atoms with van der Waals surface area (Å²) < 4.78 is 0. The third-order valence-corrected chi connectivity index (χ3v) is 5.45. The normalized spacial score (nSPS) is 14.1. The van der Waals surface area contributed by atoms with Gasteiger partial charge in [0, 0.05) is 30.5 Å². The van der Waals surface area contributed by atoms with E-state index in [9.17, 15) is 34.2 Å². The minimum absolute atomic E-state index is 0.0291. The molecule has 0 aliphatic heterocycles. The Labute approximate surface area is 211 Å². The fourth-order valence-corrected chi connectivity index (χ4v) is 3.33. The van der Waals surface area contributed by atoms with Crippen LogP contribution in [0.25, 0.3) is 0 Å². The van der Waals surface area contributed by atoms with E-state index in [1.54, 1.807) is 30.3 Å². The smallest absolute Gasteiger partial charge is 0.326 e. The lowest BCUT2D eigenvalue weighted by atomic mass is 10.0.